The first-order valence-electron chi connectivity index (χ1n) is 8.69. The van der Waals surface area contributed by atoms with Crippen molar-refractivity contribution in [2.45, 2.75) is 78.8 Å². The quantitative estimate of drug-likeness (QED) is 0.723. The Bertz CT molecular complexity index is 576. The van der Waals surface area contributed by atoms with Crippen molar-refractivity contribution in [2.75, 3.05) is 0 Å². The number of hydrogen-bond acceptors (Lipinski definition) is 4. The highest BCUT2D eigenvalue weighted by atomic mass is 17.3. The molecule has 3 rings (SSSR count). The smallest absolute Gasteiger partial charge is 0.155 e. The zero-order chi connectivity index (χ0) is 18.0. The molecule has 2 fully saturated rings. The van der Waals surface area contributed by atoms with Crippen LogP contribution in [0.15, 0.2) is 24.3 Å². The maximum atomic E-state index is 5.58. The van der Waals surface area contributed by atoms with Crippen LogP contribution >= 0.6 is 0 Å². The Morgan fingerprint density at radius 1 is 0.750 bits per heavy atom. The molecule has 0 aliphatic carbocycles. The van der Waals surface area contributed by atoms with E-state index in [1.165, 1.54) is 0 Å². The lowest BCUT2D eigenvalue weighted by molar-refractivity contribution is -0.531. The van der Waals surface area contributed by atoms with E-state index in [-0.39, 0.29) is 23.0 Å². The standard InChI is InChI=1S/C20H30O4/c1-17(2,3)15-19(7,23-21-15)13-10-9-11-14(12-13)20(8)16(22-24-20)18(4,5)6/h9-12,15-16H,1-8H3. The molecular weight excluding hydrogens is 304 g/mol. The van der Waals surface area contributed by atoms with Crippen molar-refractivity contribution >= 4 is 0 Å². The summed E-state index contributed by atoms with van der Waals surface area (Å²) in [5.41, 5.74) is 1.30. The summed E-state index contributed by atoms with van der Waals surface area (Å²) in [5, 5.41) is 0. The van der Waals surface area contributed by atoms with Gasteiger partial charge in [-0.3, -0.25) is 0 Å². The monoisotopic (exact) mass is 334 g/mol. The molecule has 4 nitrogen and oxygen atoms in total. The molecule has 0 saturated carbocycles. The molecule has 0 spiro atoms. The second kappa shape index (κ2) is 5.28. The zero-order valence-corrected chi connectivity index (χ0v) is 16.1. The van der Waals surface area contributed by atoms with E-state index in [1.54, 1.807) is 0 Å². The van der Waals surface area contributed by atoms with Gasteiger partial charge in [0.25, 0.3) is 0 Å². The van der Waals surface area contributed by atoms with Gasteiger partial charge in [-0.05, 0) is 41.9 Å². The first kappa shape index (κ1) is 17.9. The molecule has 1 aromatic rings. The van der Waals surface area contributed by atoms with E-state index in [9.17, 15) is 0 Å². The Morgan fingerprint density at radius 3 is 1.38 bits per heavy atom. The van der Waals surface area contributed by atoms with Crippen molar-refractivity contribution in [2.24, 2.45) is 10.8 Å². The molecule has 4 atom stereocenters. The molecule has 2 aliphatic rings. The largest absolute Gasteiger partial charge is 0.228 e. The van der Waals surface area contributed by atoms with Gasteiger partial charge in [-0.15, -0.1) is 0 Å². The minimum Gasteiger partial charge on any atom is -0.228 e. The molecule has 4 unspecified atom stereocenters. The van der Waals surface area contributed by atoms with Gasteiger partial charge in [0, 0.05) is 0 Å². The third-order valence-corrected chi connectivity index (χ3v) is 5.22. The molecule has 0 N–H and O–H groups in total. The van der Waals surface area contributed by atoms with E-state index >= 15 is 0 Å². The molecule has 0 bridgehead atoms. The van der Waals surface area contributed by atoms with Gasteiger partial charge in [0.2, 0.25) is 0 Å². The van der Waals surface area contributed by atoms with Gasteiger partial charge in [-0.1, -0.05) is 59.7 Å². The summed E-state index contributed by atoms with van der Waals surface area (Å²) in [7, 11) is 0. The number of rotatable bonds is 2. The van der Waals surface area contributed by atoms with Crippen LogP contribution in [0, 0.1) is 10.8 Å². The average Bonchev–Trinajstić information content (AvgIpc) is 2.39. The van der Waals surface area contributed by atoms with E-state index < -0.39 is 11.2 Å². The highest BCUT2D eigenvalue weighted by Gasteiger charge is 2.57. The van der Waals surface area contributed by atoms with Crippen LogP contribution in [-0.4, -0.2) is 12.2 Å². The van der Waals surface area contributed by atoms with E-state index in [0.717, 1.165) is 11.1 Å². The summed E-state index contributed by atoms with van der Waals surface area (Å²) < 4.78 is 0. The van der Waals surface area contributed by atoms with Crippen molar-refractivity contribution in [1.82, 2.24) is 0 Å². The van der Waals surface area contributed by atoms with Gasteiger partial charge in [0.05, 0.1) is 0 Å². The molecule has 134 valence electrons. The third-order valence-electron chi connectivity index (χ3n) is 5.22. The Balaban J connectivity index is 1.94. The molecule has 2 heterocycles. The van der Waals surface area contributed by atoms with Gasteiger partial charge >= 0.3 is 0 Å². The summed E-state index contributed by atoms with van der Waals surface area (Å²) >= 11 is 0. The lowest BCUT2D eigenvalue weighted by Gasteiger charge is -2.52. The van der Waals surface area contributed by atoms with Crippen LogP contribution in [0.3, 0.4) is 0 Å². The summed E-state index contributed by atoms with van der Waals surface area (Å²) in [6, 6.07) is 8.42. The first-order chi connectivity index (χ1) is 10.9. The Morgan fingerprint density at radius 2 is 1.12 bits per heavy atom. The maximum Gasteiger partial charge on any atom is 0.155 e. The maximum absolute atomic E-state index is 5.58. The van der Waals surface area contributed by atoms with Gasteiger partial charge in [0.15, 0.2) is 11.2 Å². The Hall–Kier alpha value is -0.940. The van der Waals surface area contributed by atoms with Crippen molar-refractivity contribution in [3.8, 4) is 0 Å². The highest BCUT2D eigenvalue weighted by Crippen LogP contribution is 2.51. The van der Waals surface area contributed by atoms with Gasteiger partial charge < -0.3 is 0 Å². The predicted molar refractivity (Wildman–Crippen MR) is 92.0 cm³/mol. The van der Waals surface area contributed by atoms with Crippen LogP contribution in [0.1, 0.15) is 66.5 Å². The SMILES string of the molecule is CC(C)(C)C1OOC1(C)c1cccc(C2(C)OOC2C(C)(C)C)c1. The number of hydrogen-bond donors (Lipinski definition) is 0. The van der Waals surface area contributed by atoms with Crippen molar-refractivity contribution < 1.29 is 19.6 Å². The van der Waals surface area contributed by atoms with Crippen molar-refractivity contribution in [3.63, 3.8) is 0 Å². The lowest BCUT2D eigenvalue weighted by Crippen LogP contribution is -2.59. The van der Waals surface area contributed by atoms with Gasteiger partial charge in [-0.25, -0.2) is 19.6 Å². The van der Waals surface area contributed by atoms with Crippen LogP contribution in [0.2, 0.25) is 0 Å². The van der Waals surface area contributed by atoms with Crippen LogP contribution in [0.5, 0.6) is 0 Å². The third kappa shape index (κ3) is 2.60. The topological polar surface area (TPSA) is 36.9 Å². The normalized spacial score (nSPS) is 36.8. The van der Waals surface area contributed by atoms with Crippen LogP contribution < -0.4 is 0 Å². The summed E-state index contributed by atoms with van der Waals surface area (Å²) in [4.78, 5) is 22.1. The fourth-order valence-electron chi connectivity index (χ4n) is 3.96. The second-order valence-electron chi connectivity index (χ2n) is 9.65. The summed E-state index contributed by atoms with van der Waals surface area (Å²) in [6.07, 6.45) is 0.00931. The van der Waals surface area contributed by atoms with E-state index in [2.05, 4.69) is 79.7 Å². The zero-order valence-electron chi connectivity index (χ0n) is 16.1. The molecule has 24 heavy (non-hydrogen) atoms. The van der Waals surface area contributed by atoms with Crippen LogP contribution in [-0.2, 0) is 30.8 Å². The van der Waals surface area contributed by atoms with Crippen molar-refractivity contribution in [3.05, 3.63) is 35.4 Å². The van der Waals surface area contributed by atoms with E-state index in [0.29, 0.717) is 0 Å². The Labute approximate surface area is 145 Å². The molecule has 0 radical (unpaired) electrons. The first-order valence-corrected chi connectivity index (χ1v) is 8.69. The van der Waals surface area contributed by atoms with Crippen molar-refractivity contribution in [1.29, 1.82) is 0 Å². The van der Waals surface area contributed by atoms with Crippen LogP contribution in [0.25, 0.3) is 0 Å². The van der Waals surface area contributed by atoms with E-state index in [1.807, 2.05) is 0 Å². The van der Waals surface area contributed by atoms with Gasteiger partial charge in [0.1, 0.15) is 12.2 Å². The van der Waals surface area contributed by atoms with Crippen LogP contribution in [0.4, 0.5) is 0 Å². The predicted octanol–water partition coefficient (Wildman–Crippen LogP) is 4.87. The Kier molecular flexibility index (Phi) is 3.93. The molecular formula is C20H30O4. The minimum atomic E-state index is -0.452. The van der Waals surface area contributed by atoms with Gasteiger partial charge in [-0.2, -0.15) is 0 Å². The second-order valence-corrected chi connectivity index (χ2v) is 9.65. The molecule has 4 heteroatoms. The molecule has 2 saturated heterocycles. The fourth-order valence-corrected chi connectivity index (χ4v) is 3.96. The molecule has 2 aliphatic heterocycles. The minimum absolute atomic E-state index is 0.00304. The molecule has 0 amide bonds. The van der Waals surface area contributed by atoms with E-state index in [4.69, 9.17) is 19.6 Å². The summed E-state index contributed by atoms with van der Waals surface area (Å²) in [6.45, 7) is 17.2. The fraction of sp³-hybridized carbons (Fsp3) is 0.700. The average molecular weight is 334 g/mol. The molecule has 1 aromatic carbocycles. The lowest BCUT2D eigenvalue weighted by atomic mass is 9.72. The highest BCUT2D eigenvalue weighted by molar-refractivity contribution is 5.35. The molecule has 0 aromatic heterocycles. The number of benzene rings is 1. The summed E-state index contributed by atoms with van der Waals surface area (Å²) in [5.74, 6) is 0.